The maximum Gasteiger partial charge on any atom is 0.244 e. The summed E-state index contributed by atoms with van der Waals surface area (Å²) < 4.78 is 55.4. The Morgan fingerprint density at radius 2 is 1.56 bits per heavy atom. The first-order valence-corrected chi connectivity index (χ1v) is 11.4. The molecule has 0 atom stereocenters. The summed E-state index contributed by atoms with van der Waals surface area (Å²) in [5.41, 5.74) is 2.55. The fourth-order valence-corrected chi connectivity index (χ4v) is 5.45. The van der Waals surface area contributed by atoms with E-state index in [2.05, 4.69) is 5.32 Å². The number of amides is 1. The van der Waals surface area contributed by atoms with Gasteiger partial charge in [0.05, 0.1) is 17.1 Å². The lowest BCUT2D eigenvalue weighted by atomic mass is 10.1. The number of hydrogen-bond donors (Lipinski definition) is 1. The molecule has 0 fully saturated rings. The molecule has 0 aliphatic heterocycles. The molecule has 0 spiro atoms. The lowest BCUT2D eigenvalue weighted by molar-refractivity contribution is -0.116. The van der Waals surface area contributed by atoms with Crippen LogP contribution in [0.25, 0.3) is 0 Å². The van der Waals surface area contributed by atoms with Crippen LogP contribution in [0.4, 0.5) is 14.5 Å². The van der Waals surface area contributed by atoms with Crippen molar-refractivity contribution < 1.29 is 22.0 Å². The average Bonchev–Trinajstić information content (AvgIpc) is 2.69. The zero-order valence-electron chi connectivity index (χ0n) is 18.0. The van der Waals surface area contributed by atoms with Gasteiger partial charge in [0.2, 0.25) is 15.9 Å². The molecule has 1 amide bonds. The van der Waals surface area contributed by atoms with E-state index < -0.39 is 34.1 Å². The molecule has 0 radical (unpaired) electrons. The van der Waals surface area contributed by atoms with Crippen LogP contribution in [0, 0.1) is 32.4 Å². The first-order valence-electron chi connectivity index (χ1n) is 9.95. The fraction of sp³-hybridized carbons (Fsp3) is 0.208. The Hall–Kier alpha value is -3.10. The van der Waals surface area contributed by atoms with Crippen LogP contribution >= 0.6 is 0 Å². The van der Waals surface area contributed by atoms with Crippen LogP contribution in [-0.4, -0.2) is 25.2 Å². The monoisotopic (exact) mass is 458 g/mol. The number of aryl methyl sites for hydroxylation is 3. The smallest absolute Gasteiger partial charge is 0.244 e. The Bertz CT molecular complexity index is 1220. The Morgan fingerprint density at radius 1 is 0.938 bits per heavy atom. The highest BCUT2D eigenvalue weighted by atomic mass is 32.2. The highest BCUT2D eigenvalue weighted by Gasteiger charge is 2.30. The zero-order chi connectivity index (χ0) is 23.5. The van der Waals surface area contributed by atoms with E-state index in [1.807, 2.05) is 6.92 Å². The van der Waals surface area contributed by atoms with Crippen LogP contribution in [0.1, 0.15) is 22.3 Å². The van der Waals surface area contributed by atoms with Crippen LogP contribution in [0.3, 0.4) is 0 Å². The van der Waals surface area contributed by atoms with Crippen molar-refractivity contribution in [3.8, 4) is 0 Å². The molecule has 3 aromatic rings. The molecule has 0 aliphatic carbocycles. The van der Waals surface area contributed by atoms with Gasteiger partial charge in [0.25, 0.3) is 0 Å². The van der Waals surface area contributed by atoms with Crippen molar-refractivity contribution >= 4 is 21.6 Å². The topological polar surface area (TPSA) is 66.5 Å². The number of nitrogens with one attached hydrogen (secondary N) is 1. The van der Waals surface area contributed by atoms with Crippen LogP contribution in [-0.2, 0) is 21.4 Å². The average molecular weight is 459 g/mol. The highest BCUT2D eigenvalue weighted by molar-refractivity contribution is 7.89. The Morgan fingerprint density at radius 3 is 2.16 bits per heavy atom. The molecule has 0 aliphatic rings. The van der Waals surface area contributed by atoms with Gasteiger partial charge in [-0.25, -0.2) is 17.2 Å². The number of hydrogen-bond acceptors (Lipinski definition) is 3. The van der Waals surface area contributed by atoms with Gasteiger partial charge in [-0.2, -0.15) is 4.31 Å². The van der Waals surface area contributed by atoms with Gasteiger partial charge in [0, 0.05) is 12.6 Å². The number of nitrogens with zero attached hydrogens (tertiary/aromatic N) is 1. The minimum absolute atomic E-state index is 0.0464. The SMILES string of the molecule is Cc1cc(C)c(S(=O)(=O)N(CC(=O)Nc2ccc(F)cc2F)Cc2ccccc2)c(C)c1. The number of rotatable bonds is 7. The first-order chi connectivity index (χ1) is 15.1. The molecule has 0 aromatic heterocycles. The van der Waals surface area contributed by atoms with E-state index in [1.54, 1.807) is 56.3 Å². The molecular weight excluding hydrogens is 434 g/mol. The molecule has 0 bridgehead atoms. The van der Waals surface area contributed by atoms with Gasteiger partial charge in [0.15, 0.2) is 0 Å². The summed E-state index contributed by atoms with van der Waals surface area (Å²) in [5.74, 6) is -2.46. The predicted octanol–water partition coefficient (Wildman–Crippen LogP) is 4.72. The molecule has 0 saturated heterocycles. The van der Waals surface area contributed by atoms with Gasteiger partial charge in [-0.05, 0) is 49.6 Å². The second-order valence-electron chi connectivity index (χ2n) is 7.66. The third-order valence-corrected chi connectivity index (χ3v) is 7.03. The molecule has 3 rings (SSSR count). The van der Waals surface area contributed by atoms with Gasteiger partial charge in [-0.15, -0.1) is 0 Å². The first kappa shape index (κ1) is 23.6. The van der Waals surface area contributed by atoms with Crippen molar-refractivity contribution in [2.24, 2.45) is 0 Å². The molecule has 8 heteroatoms. The van der Waals surface area contributed by atoms with Crippen molar-refractivity contribution in [1.82, 2.24) is 4.31 Å². The molecule has 168 valence electrons. The van der Waals surface area contributed by atoms with Crippen molar-refractivity contribution in [3.05, 3.63) is 94.6 Å². The van der Waals surface area contributed by atoms with Crippen molar-refractivity contribution in [2.45, 2.75) is 32.2 Å². The molecule has 3 aromatic carbocycles. The Balaban J connectivity index is 1.96. The zero-order valence-corrected chi connectivity index (χ0v) is 18.8. The molecule has 0 saturated carbocycles. The van der Waals surface area contributed by atoms with Crippen LogP contribution < -0.4 is 5.32 Å². The largest absolute Gasteiger partial charge is 0.322 e. The van der Waals surface area contributed by atoms with E-state index in [-0.39, 0.29) is 17.1 Å². The molecule has 32 heavy (non-hydrogen) atoms. The van der Waals surface area contributed by atoms with Crippen molar-refractivity contribution in [2.75, 3.05) is 11.9 Å². The summed E-state index contributed by atoms with van der Waals surface area (Å²) >= 11 is 0. The number of halogens is 2. The number of benzene rings is 3. The minimum Gasteiger partial charge on any atom is -0.322 e. The van der Waals surface area contributed by atoms with E-state index in [4.69, 9.17) is 0 Å². The lowest BCUT2D eigenvalue weighted by Crippen LogP contribution is -2.38. The van der Waals surface area contributed by atoms with Gasteiger partial charge < -0.3 is 5.32 Å². The maximum atomic E-state index is 14.0. The summed E-state index contributed by atoms with van der Waals surface area (Å²) in [5, 5.41) is 2.33. The van der Waals surface area contributed by atoms with E-state index in [9.17, 15) is 22.0 Å². The van der Waals surface area contributed by atoms with E-state index in [0.29, 0.717) is 22.8 Å². The fourth-order valence-electron chi connectivity index (χ4n) is 3.66. The van der Waals surface area contributed by atoms with E-state index >= 15 is 0 Å². The van der Waals surface area contributed by atoms with E-state index in [1.165, 1.54) is 0 Å². The molecular formula is C24H24F2N2O3S. The van der Waals surface area contributed by atoms with Gasteiger partial charge >= 0.3 is 0 Å². The number of carbonyl (C=O) groups excluding carboxylic acids is 1. The summed E-state index contributed by atoms with van der Waals surface area (Å²) in [6.45, 7) is 4.71. The second kappa shape index (κ2) is 9.58. The predicted molar refractivity (Wildman–Crippen MR) is 120 cm³/mol. The second-order valence-corrected chi connectivity index (χ2v) is 9.53. The Labute approximate surface area is 186 Å². The van der Waals surface area contributed by atoms with Crippen molar-refractivity contribution in [1.29, 1.82) is 0 Å². The summed E-state index contributed by atoms with van der Waals surface area (Å²) in [6.07, 6.45) is 0. The third kappa shape index (κ3) is 5.38. The molecule has 5 nitrogen and oxygen atoms in total. The van der Waals surface area contributed by atoms with Gasteiger partial charge in [0.1, 0.15) is 11.6 Å². The normalized spacial score (nSPS) is 11.6. The lowest BCUT2D eigenvalue weighted by Gasteiger charge is -2.24. The summed E-state index contributed by atoms with van der Waals surface area (Å²) in [6, 6.07) is 15.2. The highest BCUT2D eigenvalue weighted by Crippen LogP contribution is 2.26. The number of anilines is 1. The molecule has 1 N–H and O–H groups in total. The minimum atomic E-state index is -4.06. The third-order valence-electron chi connectivity index (χ3n) is 4.93. The van der Waals surface area contributed by atoms with E-state index in [0.717, 1.165) is 22.0 Å². The van der Waals surface area contributed by atoms with Gasteiger partial charge in [-0.1, -0.05) is 48.0 Å². The van der Waals surface area contributed by atoms with Crippen LogP contribution in [0.15, 0.2) is 65.6 Å². The molecule has 0 heterocycles. The quantitative estimate of drug-likeness (QED) is 0.557. The number of sulfonamides is 1. The summed E-state index contributed by atoms with van der Waals surface area (Å²) in [4.78, 5) is 12.8. The maximum absolute atomic E-state index is 14.0. The summed E-state index contributed by atoms with van der Waals surface area (Å²) in [7, 11) is -4.06. The standard InChI is InChI=1S/C24H24F2N2O3S/c1-16-11-17(2)24(18(3)12-16)32(30,31)28(14-19-7-5-4-6-8-19)15-23(29)27-22-10-9-20(25)13-21(22)26/h4-13H,14-15H2,1-3H3,(H,27,29). The van der Waals surface area contributed by atoms with Crippen LogP contribution in [0.2, 0.25) is 0 Å². The van der Waals surface area contributed by atoms with Crippen molar-refractivity contribution in [3.63, 3.8) is 0 Å². The Kier molecular flexibility index (Phi) is 7.06. The number of carbonyl (C=O) groups is 1. The molecule has 0 unspecified atom stereocenters. The van der Waals surface area contributed by atoms with Crippen LogP contribution in [0.5, 0.6) is 0 Å². The van der Waals surface area contributed by atoms with Gasteiger partial charge in [-0.3, -0.25) is 4.79 Å².